The largest absolute Gasteiger partial charge is 0.458 e. The Hall–Kier alpha value is -3.89. The number of hydrogen-bond donors (Lipinski definition) is 24. The molecule has 44 nitrogen and oxygen atoms in total. The zero-order valence-corrected chi connectivity index (χ0v) is 73.1. The van der Waals surface area contributed by atoms with Gasteiger partial charge in [-0.3, -0.25) is 9.59 Å². The molecule has 0 aromatic rings. The van der Waals surface area contributed by atoms with Crippen molar-refractivity contribution in [1.82, 2.24) is 5.32 Å². The molecule has 0 spiro atoms. The normalized spacial score (nSPS) is 51.3. The zero-order chi connectivity index (χ0) is 94.0. The zero-order valence-electron chi connectivity index (χ0n) is 73.1. The van der Waals surface area contributed by atoms with Gasteiger partial charge in [-0.05, 0) is 118 Å². The average Bonchev–Trinajstić information content (AvgIpc) is 0.703. The van der Waals surface area contributed by atoms with Crippen molar-refractivity contribution in [2.24, 2.45) is 50.2 Å². The summed E-state index contributed by atoms with van der Waals surface area (Å²) in [4.78, 5) is 44.4. The maximum Gasteiger partial charge on any atom is 0.336 e. The topological polar surface area (TPSA) is 685 Å². The molecule has 44 heteroatoms. The maximum atomic E-state index is 16.6. The lowest BCUT2D eigenvalue weighted by molar-refractivity contribution is -0.404. The summed E-state index contributed by atoms with van der Waals surface area (Å²) in [7, 11) is 0. The third-order valence-corrected chi connectivity index (χ3v) is 30.6. The molecule has 24 N–H and O–H groups in total. The fraction of sp³-hybridized carbons (Fsp3) is 0.893. The molecule has 48 atom stereocenters. The molecule has 8 aliphatic heterocycles. The van der Waals surface area contributed by atoms with Crippen LogP contribution in [0.25, 0.3) is 0 Å². The highest BCUT2D eigenvalue weighted by atomic mass is 16.8. The number of rotatable bonds is 25. The highest BCUT2D eigenvalue weighted by Crippen LogP contribution is 2.76. The molecule has 0 bridgehead atoms. The molecule has 8 heterocycles. The fourth-order valence-corrected chi connectivity index (χ4v) is 22.5. The summed E-state index contributed by atoms with van der Waals surface area (Å²) in [6, 6.07) is -1.37. The molecule has 0 aromatic heterocycles. The van der Waals surface area contributed by atoms with E-state index in [1.165, 1.54) is 32.9 Å². The number of carbonyl (C=O) groups is 3. The number of nitrogens with one attached hydrogen (secondary N) is 1. The van der Waals surface area contributed by atoms with E-state index in [-0.39, 0.29) is 49.7 Å². The molecule has 12 fully saturated rings. The van der Waals surface area contributed by atoms with Crippen molar-refractivity contribution in [2.45, 2.75) is 392 Å². The highest BCUT2D eigenvalue weighted by molar-refractivity contribution is 5.89. The first-order valence-electron chi connectivity index (χ1n) is 43.9. The number of allylic oxidation sites excluding steroid dienone is 3. The Balaban J connectivity index is 0.790. The quantitative estimate of drug-likeness (QED) is 0.0175. The summed E-state index contributed by atoms with van der Waals surface area (Å²) in [5.41, 5.74) is -7.34. The number of carbonyl (C=O) groups excluding carboxylic acids is 3. The molecule has 732 valence electrons. The summed E-state index contributed by atoms with van der Waals surface area (Å²) in [6.07, 6.45) is -64.3. The summed E-state index contributed by atoms with van der Waals surface area (Å²) in [5.74, 6) is -4.37. The molecule has 1 amide bonds. The summed E-state index contributed by atoms with van der Waals surface area (Å²) in [6.45, 7) is 21.1. The summed E-state index contributed by atoms with van der Waals surface area (Å²) < 4.78 is 102. The molecule has 13 rings (SSSR count). The van der Waals surface area contributed by atoms with Crippen LogP contribution < -0.4 is 5.32 Å². The minimum absolute atomic E-state index is 0.0186. The predicted octanol–water partition coefficient (Wildman–Crippen LogP) is -7.62. The lowest BCUT2D eigenvalue weighted by Crippen LogP contribution is -2.70. The third-order valence-electron chi connectivity index (χ3n) is 30.6. The Morgan fingerprint density at radius 2 is 1.06 bits per heavy atom. The van der Waals surface area contributed by atoms with E-state index in [1.807, 2.05) is 6.92 Å². The smallest absolute Gasteiger partial charge is 0.336 e. The van der Waals surface area contributed by atoms with Gasteiger partial charge >= 0.3 is 11.9 Å². The van der Waals surface area contributed by atoms with Crippen LogP contribution in [-0.4, -0.2) is 413 Å². The van der Waals surface area contributed by atoms with Crippen LogP contribution in [0.4, 0.5) is 0 Å². The number of fused-ring (bicyclic) bond motifs is 7. The van der Waals surface area contributed by atoms with Gasteiger partial charge in [0.2, 0.25) is 12.2 Å². The Morgan fingerprint density at radius 1 is 0.523 bits per heavy atom. The average molecular weight is 1840 g/mol. The third kappa shape index (κ3) is 18.7. The molecule has 8 saturated heterocycles. The minimum atomic E-state index is -2.38. The van der Waals surface area contributed by atoms with Gasteiger partial charge in [0.15, 0.2) is 69.0 Å². The second kappa shape index (κ2) is 38.9. The standard InChI is InChI=1S/C84H133NO43/c1-13-80(9,128-71-57(103)47(93)37(89)28-113-71)20-14-15-33(26-86)65(107)118-43-25-84(77(111)127-76-64(52(98)54(100)67(109)126-76)123-74-60(106)62(121-72-58(104)50(96)53(99)66(108)124-72)61(31(3)116-74)120-73-59(105)55(101)68(110)125-73)35(23-78(43,5)6)34-16-17-40-81(10)21-19-42(79(7,8)39(81)18-22-82(40,11)83(34,12)24-41(84)90)119-69-44(85-32(4)87)49(95)48(94)38(117-69)29-114-75-63(51(97)45(91)30(2)115-75)122-70-56(102)46(92)36(88)27-112-70/h13,15-16,30-31,35-64,66-76,86,88-106,108-110H,1,14,17-29H2,2-12H3,(H,85,87). The van der Waals surface area contributed by atoms with Gasteiger partial charge in [0.25, 0.3) is 0 Å². The molecule has 5 aliphatic carbocycles. The highest BCUT2D eigenvalue weighted by Gasteiger charge is 2.74. The molecule has 13 aliphatic rings. The second-order valence-electron chi connectivity index (χ2n) is 39.3. The SMILES string of the molecule is C=CC(C)(CCC=C(CO)C(=O)OC1CC2(C(=O)OC3OC(O)C(O)C(O)C3OC3OC(C)C(OC4OC(O)C(O)C4O)C(OC4OC(O)C(O)C(O)C4O)C3O)C(O)CC3(C)C(=CCC4C5(C)CCC(OC6OC(COC7OC(C)C(O)C(O)C7OC7OCC(O)C(O)C7O)C(O)C(O)C6NC(C)=O)C(C)(C)C5CCC43C)C2CC1(C)C)OC1OCC(O)C(O)C1O. The lowest BCUT2D eigenvalue weighted by atomic mass is 9.33. The summed E-state index contributed by atoms with van der Waals surface area (Å²) in [5, 5.41) is 257. The monoisotopic (exact) mass is 1840 g/mol. The van der Waals surface area contributed by atoms with Gasteiger partial charge in [-0.25, -0.2) is 4.79 Å². The molecule has 48 unspecified atom stereocenters. The van der Waals surface area contributed by atoms with E-state index in [4.69, 9.17) is 80.5 Å². The van der Waals surface area contributed by atoms with Crippen LogP contribution >= 0.6 is 0 Å². The molecule has 0 aromatic carbocycles. The molecule has 0 radical (unpaired) electrons. The van der Waals surface area contributed by atoms with Gasteiger partial charge in [0.1, 0.15) is 152 Å². The van der Waals surface area contributed by atoms with E-state index >= 15 is 4.79 Å². The van der Waals surface area contributed by atoms with Gasteiger partial charge in [-0.15, -0.1) is 6.58 Å². The first-order valence-corrected chi connectivity index (χ1v) is 43.9. The first kappa shape index (κ1) is 102. The Labute approximate surface area is 737 Å². The molecule has 128 heavy (non-hydrogen) atoms. The number of aliphatic hydroxyl groups is 23. The molecule has 4 saturated carbocycles. The van der Waals surface area contributed by atoms with Crippen molar-refractivity contribution in [3.8, 4) is 0 Å². The van der Waals surface area contributed by atoms with Gasteiger partial charge < -0.3 is 203 Å². The van der Waals surface area contributed by atoms with E-state index in [0.717, 1.165) is 5.57 Å². The number of amides is 1. The van der Waals surface area contributed by atoms with Crippen LogP contribution in [-0.2, 0) is 94.9 Å². The number of esters is 2. The minimum Gasteiger partial charge on any atom is -0.458 e. The van der Waals surface area contributed by atoms with Gasteiger partial charge in [0.05, 0.1) is 62.0 Å². The van der Waals surface area contributed by atoms with Gasteiger partial charge in [-0.1, -0.05) is 72.3 Å². The Bertz CT molecular complexity index is 3890. The second-order valence-corrected chi connectivity index (χ2v) is 39.3. The molecular weight excluding hydrogens is 1710 g/mol. The van der Waals surface area contributed by atoms with Crippen molar-refractivity contribution in [2.75, 3.05) is 26.4 Å². The number of hydrogen-bond acceptors (Lipinski definition) is 43. The molecular formula is C84H133NO43. The van der Waals surface area contributed by atoms with Crippen LogP contribution in [0.2, 0.25) is 0 Å². The van der Waals surface area contributed by atoms with E-state index in [2.05, 4.69) is 45.7 Å². The van der Waals surface area contributed by atoms with Crippen molar-refractivity contribution in [3.05, 3.63) is 36.0 Å². The van der Waals surface area contributed by atoms with Crippen LogP contribution in [0.3, 0.4) is 0 Å². The van der Waals surface area contributed by atoms with E-state index in [0.29, 0.717) is 32.1 Å². The van der Waals surface area contributed by atoms with Gasteiger partial charge in [-0.2, -0.15) is 0 Å². The fourth-order valence-electron chi connectivity index (χ4n) is 22.5. The first-order chi connectivity index (χ1) is 59.8. The van der Waals surface area contributed by atoms with Crippen LogP contribution in [0, 0.1) is 50.2 Å². The Morgan fingerprint density at radius 3 is 1.67 bits per heavy atom. The van der Waals surface area contributed by atoms with E-state index in [1.54, 1.807) is 20.8 Å². The predicted molar refractivity (Wildman–Crippen MR) is 421 cm³/mol. The van der Waals surface area contributed by atoms with Crippen molar-refractivity contribution in [1.29, 1.82) is 0 Å². The van der Waals surface area contributed by atoms with Crippen molar-refractivity contribution in [3.63, 3.8) is 0 Å². The Kier molecular flexibility index (Phi) is 30.9. The van der Waals surface area contributed by atoms with Gasteiger partial charge in [0, 0.05) is 18.8 Å². The van der Waals surface area contributed by atoms with Crippen LogP contribution in [0.15, 0.2) is 36.0 Å². The van der Waals surface area contributed by atoms with E-state index < -0.39 is 334 Å². The summed E-state index contributed by atoms with van der Waals surface area (Å²) >= 11 is 0. The lowest BCUT2D eigenvalue weighted by Gasteiger charge is -2.72. The van der Waals surface area contributed by atoms with Crippen molar-refractivity contribution >= 4 is 17.8 Å². The number of ether oxygens (including phenoxy) is 17. The number of aliphatic hydroxyl groups excluding tert-OH is 23. The van der Waals surface area contributed by atoms with Crippen LogP contribution in [0.5, 0.6) is 0 Å². The maximum absolute atomic E-state index is 16.6. The van der Waals surface area contributed by atoms with Crippen LogP contribution in [0.1, 0.15) is 140 Å². The van der Waals surface area contributed by atoms with E-state index in [9.17, 15) is 127 Å². The van der Waals surface area contributed by atoms with Crippen molar-refractivity contribution < 1.29 is 212 Å².